The van der Waals surface area contributed by atoms with Crippen LogP contribution in [0.3, 0.4) is 0 Å². The Balaban J connectivity index is 5.22. The van der Waals surface area contributed by atoms with Gasteiger partial charge >= 0.3 is 23.9 Å². The van der Waals surface area contributed by atoms with Crippen LogP contribution in [0.2, 0.25) is 0 Å². The molecule has 0 aromatic rings. The van der Waals surface area contributed by atoms with Gasteiger partial charge in [0.05, 0.1) is 0 Å². The molecule has 0 radical (unpaired) electrons. The number of halogens is 9. The summed E-state index contributed by atoms with van der Waals surface area (Å²) in [6.45, 7) is 1.35. The van der Waals surface area contributed by atoms with Crippen LogP contribution >= 0.6 is 0 Å². The summed E-state index contributed by atoms with van der Waals surface area (Å²) in [4.78, 5) is 0. The lowest BCUT2D eigenvalue weighted by Gasteiger charge is -2.33. The number of hydrogen-bond acceptors (Lipinski definition) is 0. The van der Waals surface area contributed by atoms with Crippen LogP contribution < -0.4 is 0 Å². The first-order valence-electron chi connectivity index (χ1n) is 4.62. The van der Waals surface area contributed by atoms with Gasteiger partial charge in [0, 0.05) is 6.42 Å². The van der Waals surface area contributed by atoms with E-state index < -0.39 is 36.8 Å². The Bertz CT molecular complexity index is 300. The highest BCUT2D eigenvalue weighted by molar-refractivity contribution is 5.01. The first kappa shape index (κ1) is 17.1. The average Bonchev–Trinajstić information content (AvgIpc) is 2.15. The molecule has 18 heavy (non-hydrogen) atoms. The minimum atomic E-state index is -6.79. The third-order valence-electron chi connectivity index (χ3n) is 2.07. The van der Waals surface area contributed by atoms with Gasteiger partial charge in [-0.25, -0.2) is 0 Å². The number of allylic oxidation sites excluding steroid dienone is 2. The summed E-state index contributed by atoms with van der Waals surface area (Å²) in [6, 6.07) is 0. The maximum atomic E-state index is 12.8. The van der Waals surface area contributed by atoms with Gasteiger partial charge in [-0.1, -0.05) is 12.2 Å². The summed E-state index contributed by atoms with van der Waals surface area (Å²) < 4.78 is 111. The van der Waals surface area contributed by atoms with Crippen molar-refractivity contribution in [2.45, 2.75) is 43.7 Å². The second kappa shape index (κ2) is 5.00. The van der Waals surface area contributed by atoms with Crippen LogP contribution in [0, 0.1) is 0 Å². The van der Waals surface area contributed by atoms with E-state index in [0.717, 1.165) is 6.08 Å². The lowest BCUT2D eigenvalue weighted by molar-refractivity contribution is -0.396. The molecule has 0 nitrogen and oxygen atoms in total. The van der Waals surface area contributed by atoms with E-state index in [1.54, 1.807) is 0 Å². The number of hydrogen-bond donors (Lipinski definition) is 0. The van der Waals surface area contributed by atoms with Gasteiger partial charge in [0.25, 0.3) is 0 Å². The highest BCUT2D eigenvalue weighted by atomic mass is 19.4. The second-order valence-electron chi connectivity index (χ2n) is 3.46. The normalized spacial score (nSPS) is 15.4. The van der Waals surface area contributed by atoms with E-state index in [2.05, 4.69) is 0 Å². The third-order valence-corrected chi connectivity index (χ3v) is 2.07. The molecule has 0 saturated heterocycles. The molecule has 0 aliphatic heterocycles. The standard InChI is InChI=1S/C9H9F9/c1-2-3-4-5-6(10,11)7(12,13)8(14,15)9(16,17)18/h2-3H,4-5H2,1H3. The summed E-state index contributed by atoms with van der Waals surface area (Å²) in [6.07, 6.45) is -7.17. The lowest BCUT2D eigenvalue weighted by Crippen LogP contribution is -2.60. The predicted molar refractivity (Wildman–Crippen MR) is 44.9 cm³/mol. The molecule has 0 bridgehead atoms. The molecule has 0 N–H and O–H groups in total. The van der Waals surface area contributed by atoms with Crippen molar-refractivity contribution in [1.82, 2.24) is 0 Å². The van der Waals surface area contributed by atoms with Crippen molar-refractivity contribution in [2.75, 3.05) is 0 Å². The largest absolute Gasteiger partial charge is 0.460 e. The van der Waals surface area contributed by atoms with E-state index in [-0.39, 0.29) is 0 Å². The van der Waals surface area contributed by atoms with Crippen LogP contribution in [-0.2, 0) is 0 Å². The monoisotopic (exact) mass is 288 g/mol. The van der Waals surface area contributed by atoms with Gasteiger partial charge in [0.2, 0.25) is 0 Å². The van der Waals surface area contributed by atoms with Crippen LogP contribution in [0.15, 0.2) is 12.2 Å². The Labute approximate surface area is 96.5 Å². The maximum Gasteiger partial charge on any atom is 0.460 e. The van der Waals surface area contributed by atoms with E-state index in [1.165, 1.54) is 13.0 Å². The summed E-state index contributed by atoms with van der Waals surface area (Å²) in [7, 11) is 0. The molecule has 0 fully saturated rings. The molecule has 0 rings (SSSR count). The zero-order valence-corrected chi connectivity index (χ0v) is 8.97. The molecular formula is C9H9F9. The van der Waals surface area contributed by atoms with Gasteiger partial charge in [0.1, 0.15) is 0 Å². The van der Waals surface area contributed by atoms with Gasteiger partial charge in [-0.15, -0.1) is 0 Å². The van der Waals surface area contributed by atoms with E-state index in [1.807, 2.05) is 0 Å². The summed E-state index contributed by atoms with van der Waals surface area (Å²) in [5.41, 5.74) is 0. The Morgan fingerprint density at radius 2 is 1.22 bits per heavy atom. The van der Waals surface area contributed by atoms with Crippen molar-refractivity contribution in [3.05, 3.63) is 12.2 Å². The van der Waals surface area contributed by atoms with Crippen molar-refractivity contribution in [3.63, 3.8) is 0 Å². The summed E-state index contributed by atoms with van der Waals surface area (Å²) in [5, 5.41) is 0. The number of rotatable bonds is 5. The third kappa shape index (κ3) is 2.92. The zero-order valence-electron chi connectivity index (χ0n) is 8.97. The Kier molecular flexibility index (Phi) is 4.76. The molecule has 0 unspecified atom stereocenters. The molecule has 0 aromatic heterocycles. The molecule has 0 atom stereocenters. The number of alkyl halides is 9. The van der Waals surface area contributed by atoms with Crippen LogP contribution in [0.4, 0.5) is 39.5 Å². The predicted octanol–water partition coefficient (Wildman–Crippen LogP) is 4.81. The molecule has 0 heterocycles. The minimum absolute atomic E-state index is 0.743. The van der Waals surface area contributed by atoms with Gasteiger partial charge in [-0.3, -0.25) is 0 Å². The van der Waals surface area contributed by atoms with Gasteiger partial charge < -0.3 is 0 Å². The molecular weight excluding hydrogens is 279 g/mol. The smallest absolute Gasteiger partial charge is 0.200 e. The Hall–Kier alpha value is -0.890. The van der Waals surface area contributed by atoms with Crippen molar-refractivity contribution in [2.24, 2.45) is 0 Å². The summed E-state index contributed by atoms with van der Waals surface area (Å²) in [5.74, 6) is -18.8. The van der Waals surface area contributed by atoms with Crippen molar-refractivity contribution < 1.29 is 39.5 Å². The molecule has 0 spiro atoms. The van der Waals surface area contributed by atoms with Gasteiger partial charge in [0.15, 0.2) is 0 Å². The summed E-state index contributed by atoms with van der Waals surface area (Å²) >= 11 is 0. The maximum absolute atomic E-state index is 12.8. The van der Waals surface area contributed by atoms with Crippen LogP contribution in [0.5, 0.6) is 0 Å². The topological polar surface area (TPSA) is 0 Å². The van der Waals surface area contributed by atoms with Crippen molar-refractivity contribution in [1.29, 1.82) is 0 Å². The van der Waals surface area contributed by atoms with Gasteiger partial charge in [-0.05, 0) is 13.3 Å². The quantitative estimate of drug-likeness (QED) is 0.503. The fourth-order valence-electron chi connectivity index (χ4n) is 0.996. The highest BCUT2D eigenvalue weighted by Gasteiger charge is 2.81. The van der Waals surface area contributed by atoms with Crippen LogP contribution in [-0.4, -0.2) is 23.9 Å². The first-order chi connectivity index (χ1) is 7.81. The second-order valence-corrected chi connectivity index (χ2v) is 3.46. The van der Waals surface area contributed by atoms with Crippen LogP contribution in [0.25, 0.3) is 0 Å². The molecule has 0 amide bonds. The van der Waals surface area contributed by atoms with E-state index >= 15 is 0 Å². The van der Waals surface area contributed by atoms with E-state index in [4.69, 9.17) is 0 Å². The van der Waals surface area contributed by atoms with E-state index in [9.17, 15) is 39.5 Å². The van der Waals surface area contributed by atoms with Crippen molar-refractivity contribution >= 4 is 0 Å². The SMILES string of the molecule is CC=CCCC(F)(F)C(F)(F)C(F)(F)C(F)(F)F. The highest BCUT2D eigenvalue weighted by Crippen LogP contribution is 2.54. The molecule has 0 aliphatic carbocycles. The molecule has 9 heteroatoms. The van der Waals surface area contributed by atoms with Crippen molar-refractivity contribution in [3.8, 4) is 0 Å². The molecule has 108 valence electrons. The van der Waals surface area contributed by atoms with Crippen LogP contribution in [0.1, 0.15) is 19.8 Å². The molecule has 0 aromatic carbocycles. The Morgan fingerprint density at radius 1 is 0.778 bits per heavy atom. The van der Waals surface area contributed by atoms with Gasteiger partial charge in [-0.2, -0.15) is 39.5 Å². The molecule has 0 saturated carbocycles. The first-order valence-corrected chi connectivity index (χ1v) is 4.62. The molecule has 0 aliphatic rings. The zero-order chi connectivity index (χ0) is 14.8. The fourth-order valence-corrected chi connectivity index (χ4v) is 0.996. The minimum Gasteiger partial charge on any atom is -0.200 e. The lowest BCUT2D eigenvalue weighted by atomic mass is 9.99. The Morgan fingerprint density at radius 3 is 1.56 bits per heavy atom. The average molecular weight is 288 g/mol. The van der Waals surface area contributed by atoms with E-state index in [0.29, 0.717) is 0 Å². The fraction of sp³-hybridized carbons (Fsp3) is 0.778.